The van der Waals surface area contributed by atoms with E-state index in [2.05, 4.69) is 18.7 Å². The minimum absolute atomic E-state index is 0.0507. The lowest BCUT2D eigenvalue weighted by molar-refractivity contribution is -0.123. The van der Waals surface area contributed by atoms with Crippen LogP contribution in [0.15, 0.2) is 0 Å². The van der Waals surface area contributed by atoms with Crippen molar-refractivity contribution in [2.24, 2.45) is 22.8 Å². The molecule has 1 amide bonds. The van der Waals surface area contributed by atoms with E-state index in [9.17, 15) is 4.79 Å². The molecule has 4 N–H and O–H groups in total. The van der Waals surface area contributed by atoms with E-state index in [-0.39, 0.29) is 17.2 Å². The van der Waals surface area contributed by atoms with Gasteiger partial charge in [0.15, 0.2) is 0 Å². The number of carbonyl (C=O) groups is 1. The predicted molar refractivity (Wildman–Crippen MR) is 65.8 cm³/mol. The quantitative estimate of drug-likeness (QED) is 0.721. The predicted octanol–water partition coefficient (Wildman–Crippen LogP) is 0.559. The minimum atomic E-state index is -0.150. The van der Waals surface area contributed by atoms with Gasteiger partial charge in [0.25, 0.3) is 0 Å². The van der Waals surface area contributed by atoms with Crippen molar-refractivity contribution in [3.63, 3.8) is 0 Å². The topological polar surface area (TPSA) is 72.3 Å². The first-order valence-corrected chi connectivity index (χ1v) is 6.16. The molecule has 1 atom stereocenters. The largest absolute Gasteiger partial charge is 0.369 e. The summed E-state index contributed by atoms with van der Waals surface area (Å²) in [7, 11) is 0. The van der Waals surface area contributed by atoms with Crippen molar-refractivity contribution < 1.29 is 4.79 Å². The van der Waals surface area contributed by atoms with Crippen LogP contribution in [0.1, 0.15) is 33.1 Å². The Labute approximate surface area is 98.3 Å². The Kier molecular flexibility index (Phi) is 4.74. The van der Waals surface area contributed by atoms with Crippen LogP contribution < -0.4 is 11.5 Å². The summed E-state index contributed by atoms with van der Waals surface area (Å²) < 4.78 is 0. The number of nitrogens with zero attached hydrogens (tertiary/aromatic N) is 1. The van der Waals surface area contributed by atoms with Gasteiger partial charge < -0.3 is 16.4 Å². The fourth-order valence-electron chi connectivity index (χ4n) is 2.05. The first-order chi connectivity index (χ1) is 7.44. The molecule has 0 aromatic carbocycles. The molecule has 1 rings (SSSR count). The lowest BCUT2D eigenvalue weighted by Gasteiger charge is -2.33. The highest BCUT2D eigenvalue weighted by atomic mass is 16.1. The molecule has 4 heteroatoms. The summed E-state index contributed by atoms with van der Waals surface area (Å²) in [5.74, 6) is -0.0995. The van der Waals surface area contributed by atoms with Crippen LogP contribution in [-0.4, -0.2) is 37.0 Å². The summed E-state index contributed by atoms with van der Waals surface area (Å²) in [6.07, 6.45) is 3.11. The van der Waals surface area contributed by atoms with Crippen LogP contribution in [-0.2, 0) is 4.79 Å². The zero-order valence-corrected chi connectivity index (χ0v) is 10.5. The molecule has 1 aliphatic heterocycles. The second kappa shape index (κ2) is 5.64. The molecule has 0 aliphatic carbocycles. The number of rotatable bonds is 5. The van der Waals surface area contributed by atoms with E-state index < -0.39 is 0 Å². The van der Waals surface area contributed by atoms with Crippen LogP contribution in [0.3, 0.4) is 0 Å². The molecule has 1 heterocycles. The van der Waals surface area contributed by atoms with Crippen LogP contribution in [0.5, 0.6) is 0 Å². The van der Waals surface area contributed by atoms with Crippen molar-refractivity contribution in [3.05, 3.63) is 0 Å². The summed E-state index contributed by atoms with van der Waals surface area (Å²) in [5.41, 5.74) is 11.3. The second-order valence-electron chi connectivity index (χ2n) is 5.66. The number of amides is 1. The van der Waals surface area contributed by atoms with E-state index in [0.29, 0.717) is 6.54 Å². The molecule has 94 valence electrons. The average Bonchev–Trinajstić information content (AvgIpc) is 2.27. The fraction of sp³-hybridized carbons (Fsp3) is 0.917. The van der Waals surface area contributed by atoms with Crippen LogP contribution in [0.4, 0.5) is 0 Å². The third kappa shape index (κ3) is 4.10. The van der Waals surface area contributed by atoms with Gasteiger partial charge in [0.05, 0.1) is 5.92 Å². The van der Waals surface area contributed by atoms with E-state index in [0.717, 1.165) is 38.9 Å². The number of hydrogen-bond donors (Lipinski definition) is 2. The first-order valence-electron chi connectivity index (χ1n) is 6.16. The third-order valence-electron chi connectivity index (χ3n) is 3.57. The van der Waals surface area contributed by atoms with Gasteiger partial charge in [-0.2, -0.15) is 0 Å². The minimum Gasteiger partial charge on any atom is -0.369 e. The normalized spacial score (nSPS) is 23.3. The summed E-state index contributed by atoms with van der Waals surface area (Å²) in [6.45, 7) is 8.01. The molecule has 1 unspecified atom stereocenters. The highest BCUT2D eigenvalue weighted by Crippen LogP contribution is 2.21. The Bertz CT molecular complexity index is 240. The molecule has 0 saturated carbocycles. The van der Waals surface area contributed by atoms with E-state index >= 15 is 0 Å². The Balaban J connectivity index is 2.35. The van der Waals surface area contributed by atoms with Crippen LogP contribution in [0.25, 0.3) is 0 Å². The number of piperidine rings is 1. The maximum Gasteiger partial charge on any atom is 0.221 e. The molecule has 0 aromatic heterocycles. The molecule has 1 fully saturated rings. The summed E-state index contributed by atoms with van der Waals surface area (Å²) in [6, 6.07) is 0. The highest BCUT2D eigenvalue weighted by Gasteiger charge is 2.25. The number of nitrogens with two attached hydrogens (primary N) is 2. The van der Waals surface area contributed by atoms with E-state index in [1.807, 2.05) is 0 Å². The number of primary amides is 1. The van der Waals surface area contributed by atoms with Gasteiger partial charge in [-0.1, -0.05) is 13.8 Å². The van der Waals surface area contributed by atoms with Crippen molar-refractivity contribution in [1.82, 2.24) is 4.90 Å². The molecular formula is C12H25N3O. The Morgan fingerprint density at radius 3 is 2.75 bits per heavy atom. The lowest BCUT2D eigenvalue weighted by atomic mass is 9.88. The molecule has 1 aliphatic rings. The van der Waals surface area contributed by atoms with Gasteiger partial charge in [-0.15, -0.1) is 0 Å². The molecule has 0 aromatic rings. The summed E-state index contributed by atoms with van der Waals surface area (Å²) in [5, 5.41) is 0. The lowest BCUT2D eigenvalue weighted by Crippen LogP contribution is -2.42. The van der Waals surface area contributed by atoms with Crippen molar-refractivity contribution in [1.29, 1.82) is 0 Å². The third-order valence-corrected chi connectivity index (χ3v) is 3.57. The smallest absolute Gasteiger partial charge is 0.221 e. The standard InChI is InChI=1S/C12H25N3O/c1-12(2,9-13)5-7-15-6-3-4-10(8-15)11(14)16/h10H,3-9,13H2,1-2H3,(H2,14,16). The molecule has 0 bridgehead atoms. The number of likely N-dealkylation sites (tertiary alicyclic amines) is 1. The maximum absolute atomic E-state index is 11.1. The van der Waals surface area contributed by atoms with Crippen molar-refractivity contribution in [2.75, 3.05) is 26.2 Å². The van der Waals surface area contributed by atoms with Gasteiger partial charge in [-0.25, -0.2) is 0 Å². The first kappa shape index (κ1) is 13.5. The van der Waals surface area contributed by atoms with Gasteiger partial charge in [-0.05, 0) is 44.3 Å². The number of hydrogen-bond acceptors (Lipinski definition) is 3. The molecule has 4 nitrogen and oxygen atoms in total. The number of carbonyl (C=O) groups excluding carboxylic acids is 1. The van der Waals surface area contributed by atoms with Crippen molar-refractivity contribution in [3.8, 4) is 0 Å². The van der Waals surface area contributed by atoms with E-state index in [4.69, 9.17) is 11.5 Å². The van der Waals surface area contributed by atoms with Gasteiger partial charge in [-0.3, -0.25) is 4.79 Å². The monoisotopic (exact) mass is 227 g/mol. The van der Waals surface area contributed by atoms with Crippen LogP contribution in [0, 0.1) is 11.3 Å². The highest BCUT2D eigenvalue weighted by molar-refractivity contribution is 5.76. The zero-order valence-electron chi connectivity index (χ0n) is 10.5. The molecule has 16 heavy (non-hydrogen) atoms. The Morgan fingerprint density at radius 2 is 2.19 bits per heavy atom. The maximum atomic E-state index is 11.1. The van der Waals surface area contributed by atoms with Gasteiger partial charge in [0.1, 0.15) is 0 Å². The van der Waals surface area contributed by atoms with E-state index in [1.54, 1.807) is 0 Å². The van der Waals surface area contributed by atoms with Crippen LogP contribution >= 0.6 is 0 Å². The van der Waals surface area contributed by atoms with E-state index in [1.165, 1.54) is 0 Å². The summed E-state index contributed by atoms with van der Waals surface area (Å²) >= 11 is 0. The molecule has 0 spiro atoms. The van der Waals surface area contributed by atoms with Gasteiger partial charge in [0, 0.05) is 6.54 Å². The zero-order chi connectivity index (χ0) is 12.2. The average molecular weight is 227 g/mol. The van der Waals surface area contributed by atoms with Gasteiger partial charge in [0.2, 0.25) is 5.91 Å². The Morgan fingerprint density at radius 1 is 1.50 bits per heavy atom. The SMILES string of the molecule is CC(C)(CN)CCN1CCCC(C(N)=O)C1. The fourth-order valence-corrected chi connectivity index (χ4v) is 2.05. The second-order valence-corrected chi connectivity index (χ2v) is 5.66. The molecule has 0 radical (unpaired) electrons. The molecular weight excluding hydrogens is 202 g/mol. The summed E-state index contributed by atoms with van der Waals surface area (Å²) in [4.78, 5) is 13.5. The van der Waals surface area contributed by atoms with Crippen LogP contribution in [0.2, 0.25) is 0 Å². The van der Waals surface area contributed by atoms with Crippen molar-refractivity contribution >= 4 is 5.91 Å². The molecule has 1 saturated heterocycles. The van der Waals surface area contributed by atoms with Gasteiger partial charge >= 0.3 is 0 Å². The Hall–Kier alpha value is -0.610. The van der Waals surface area contributed by atoms with Crippen molar-refractivity contribution in [2.45, 2.75) is 33.1 Å².